The van der Waals surface area contributed by atoms with Gasteiger partial charge in [0.15, 0.2) is 0 Å². The van der Waals surface area contributed by atoms with Crippen LogP contribution in [0.4, 0.5) is 0 Å². The zero-order valence-electron chi connectivity index (χ0n) is 30.4. The molecule has 54 heavy (non-hydrogen) atoms. The van der Waals surface area contributed by atoms with Gasteiger partial charge in [-0.25, -0.2) is 4.98 Å². The predicted octanol–water partition coefficient (Wildman–Crippen LogP) is 12.1. The fraction of sp³-hybridized carbons (Fsp3) is 0.100. The third-order valence-electron chi connectivity index (χ3n) is 11.6. The Labute approximate surface area is 313 Å². The zero-order chi connectivity index (χ0) is 36.2. The van der Waals surface area contributed by atoms with E-state index in [-0.39, 0.29) is 5.41 Å². The van der Waals surface area contributed by atoms with Crippen LogP contribution >= 0.6 is 0 Å². The summed E-state index contributed by atoms with van der Waals surface area (Å²) >= 11 is 0. The molecule has 0 unspecified atom stereocenters. The van der Waals surface area contributed by atoms with Crippen molar-refractivity contribution in [1.82, 2.24) is 19.4 Å². The normalized spacial score (nSPS) is 13.6. The minimum Gasteiger partial charge on any atom is -0.290 e. The van der Waals surface area contributed by atoms with Crippen LogP contribution < -0.4 is 0 Å². The fourth-order valence-electron chi connectivity index (χ4n) is 9.09. The Morgan fingerprint density at radius 1 is 0.556 bits per heavy atom. The van der Waals surface area contributed by atoms with Gasteiger partial charge in [0.1, 0.15) is 5.65 Å². The molecule has 10 aromatic rings. The van der Waals surface area contributed by atoms with E-state index in [0.717, 1.165) is 55.1 Å². The summed E-state index contributed by atoms with van der Waals surface area (Å²) in [5.74, 6) is 0. The van der Waals surface area contributed by atoms with Gasteiger partial charge in [-0.2, -0.15) is 0 Å². The molecule has 0 aliphatic heterocycles. The average Bonchev–Trinajstić information content (AvgIpc) is 3.75. The van der Waals surface area contributed by atoms with Crippen molar-refractivity contribution in [2.45, 2.75) is 31.6 Å². The maximum atomic E-state index is 5.30. The maximum Gasteiger partial charge on any atom is 0.146 e. The highest BCUT2D eigenvalue weighted by atomic mass is 15.0. The molecule has 1 aliphatic carbocycles. The zero-order valence-corrected chi connectivity index (χ0v) is 30.4. The Bertz CT molecular complexity index is 3120. The van der Waals surface area contributed by atoms with Gasteiger partial charge in [0.25, 0.3) is 0 Å². The molecule has 4 heteroatoms. The van der Waals surface area contributed by atoms with Crippen LogP contribution in [-0.2, 0) is 10.8 Å². The van der Waals surface area contributed by atoms with Crippen LogP contribution in [0.5, 0.6) is 0 Å². The number of para-hydroxylation sites is 2. The molecule has 4 nitrogen and oxygen atoms in total. The predicted molar refractivity (Wildman–Crippen MR) is 222 cm³/mol. The van der Waals surface area contributed by atoms with Crippen LogP contribution in [0.1, 0.15) is 48.6 Å². The van der Waals surface area contributed by atoms with Gasteiger partial charge in [-0.05, 0) is 98.3 Å². The summed E-state index contributed by atoms with van der Waals surface area (Å²) in [6.07, 6.45) is 3.90. The van der Waals surface area contributed by atoms with Crippen molar-refractivity contribution in [1.29, 1.82) is 0 Å². The number of imidazole rings is 1. The number of aromatic nitrogens is 4. The van der Waals surface area contributed by atoms with E-state index in [1.54, 1.807) is 0 Å². The monoisotopic (exact) mass is 692 g/mol. The lowest BCUT2D eigenvalue weighted by Gasteiger charge is -2.35. The molecule has 0 N–H and O–H groups in total. The molecular weight excluding hydrogens is 657 g/mol. The quantitative estimate of drug-likeness (QED) is 0.173. The summed E-state index contributed by atoms with van der Waals surface area (Å²) in [7, 11) is 0. The molecule has 0 spiro atoms. The van der Waals surface area contributed by atoms with Crippen LogP contribution in [0.2, 0.25) is 0 Å². The van der Waals surface area contributed by atoms with Gasteiger partial charge < -0.3 is 0 Å². The van der Waals surface area contributed by atoms with Crippen molar-refractivity contribution < 1.29 is 0 Å². The van der Waals surface area contributed by atoms with Crippen LogP contribution in [0, 0.1) is 0 Å². The van der Waals surface area contributed by atoms with Crippen molar-refractivity contribution in [3.63, 3.8) is 0 Å². The summed E-state index contributed by atoms with van der Waals surface area (Å²) in [5.41, 5.74) is 15.1. The van der Waals surface area contributed by atoms with Gasteiger partial charge in [0.2, 0.25) is 0 Å². The lowest BCUT2D eigenvalue weighted by Crippen LogP contribution is -2.29. The van der Waals surface area contributed by atoms with Crippen molar-refractivity contribution in [2.75, 3.05) is 0 Å². The topological polar surface area (TPSA) is 43.1 Å². The highest BCUT2D eigenvalue weighted by Crippen LogP contribution is 2.57. The Kier molecular flexibility index (Phi) is 6.40. The van der Waals surface area contributed by atoms with E-state index in [9.17, 15) is 0 Å². The Morgan fingerprint density at radius 3 is 2.06 bits per heavy atom. The standard InChI is InChI=1S/C50H36N4/c1-49(2,3)35-25-33(44-27-31-13-4-5-14-32(31)30-52-44)26-36(28-35)50(41-17-8-6-15-37(41)38-16-7-9-18-42(38)50)34-22-23-39-40(29-34)48-53-43-19-10-11-20-45(43)54(48)46-21-12-24-51-47(39)46/h4-30H,1-3H3. The first-order valence-corrected chi connectivity index (χ1v) is 18.7. The molecule has 0 saturated heterocycles. The smallest absolute Gasteiger partial charge is 0.146 e. The summed E-state index contributed by atoms with van der Waals surface area (Å²) in [4.78, 5) is 15.3. The first kappa shape index (κ1) is 30.9. The fourth-order valence-corrected chi connectivity index (χ4v) is 9.09. The summed E-state index contributed by atoms with van der Waals surface area (Å²) < 4.78 is 2.29. The van der Waals surface area contributed by atoms with E-state index in [4.69, 9.17) is 15.0 Å². The molecule has 6 aromatic carbocycles. The van der Waals surface area contributed by atoms with Crippen molar-refractivity contribution in [2.24, 2.45) is 0 Å². The first-order chi connectivity index (χ1) is 26.4. The molecule has 0 saturated carbocycles. The summed E-state index contributed by atoms with van der Waals surface area (Å²) in [6.45, 7) is 6.92. The van der Waals surface area contributed by atoms with Crippen LogP contribution in [0.3, 0.4) is 0 Å². The largest absolute Gasteiger partial charge is 0.290 e. The van der Waals surface area contributed by atoms with E-state index in [1.165, 1.54) is 44.3 Å². The molecule has 256 valence electrons. The van der Waals surface area contributed by atoms with Crippen molar-refractivity contribution in [3.8, 4) is 22.4 Å². The van der Waals surface area contributed by atoms with E-state index >= 15 is 0 Å². The lowest BCUT2D eigenvalue weighted by atomic mass is 9.66. The number of pyridine rings is 3. The van der Waals surface area contributed by atoms with Gasteiger partial charge in [-0.15, -0.1) is 0 Å². The lowest BCUT2D eigenvalue weighted by molar-refractivity contribution is 0.587. The second kappa shape index (κ2) is 11.2. The third-order valence-corrected chi connectivity index (χ3v) is 11.6. The molecule has 0 fully saturated rings. The van der Waals surface area contributed by atoms with E-state index in [0.29, 0.717) is 0 Å². The van der Waals surface area contributed by atoms with Gasteiger partial charge >= 0.3 is 0 Å². The molecule has 0 atom stereocenters. The summed E-state index contributed by atoms with van der Waals surface area (Å²) in [6, 6.07) is 55.5. The number of fused-ring (bicyclic) bond motifs is 12. The summed E-state index contributed by atoms with van der Waals surface area (Å²) in [5, 5.41) is 4.50. The van der Waals surface area contributed by atoms with Gasteiger partial charge in [0, 0.05) is 34.1 Å². The molecule has 0 bridgehead atoms. The van der Waals surface area contributed by atoms with Crippen LogP contribution in [0.15, 0.2) is 164 Å². The van der Waals surface area contributed by atoms with Gasteiger partial charge in [0.05, 0.1) is 33.2 Å². The number of hydrogen-bond donors (Lipinski definition) is 0. The van der Waals surface area contributed by atoms with Crippen LogP contribution in [0.25, 0.3) is 71.6 Å². The maximum absolute atomic E-state index is 5.30. The Morgan fingerprint density at radius 2 is 1.26 bits per heavy atom. The molecule has 4 aromatic heterocycles. The van der Waals surface area contributed by atoms with E-state index in [1.807, 2.05) is 18.5 Å². The van der Waals surface area contributed by atoms with Crippen LogP contribution in [-0.4, -0.2) is 19.4 Å². The molecule has 0 radical (unpaired) electrons. The van der Waals surface area contributed by atoms with E-state index in [2.05, 4.69) is 171 Å². The first-order valence-electron chi connectivity index (χ1n) is 18.7. The highest BCUT2D eigenvalue weighted by Gasteiger charge is 2.46. The van der Waals surface area contributed by atoms with Gasteiger partial charge in [-0.1, -0.05) is 124 Å². The van der Waals surface area contributed by atoms with Gasteiger partial charge in [-0.3, -0.25) is 14.4 Å². The second-order valence-corrected chi connectivity index (χ2v) is 15.7. The number of hydrogen-bond acceptors (Lipinski definition) is 3. The molecule has 0 amide bonds. The average molecular weight is 693 g/mol. The number of rotatable bonds is 3. The number of nitrogens with zero attached hydrogens (tertiary/aromatic N) is 4. The molecule has 11 rings (SSSR count). The second-order valence-electron chi connectivity index (χ2n) is 15.7. The highest BCUT2D eigenvalue weighted by molar-refractivity contribution is 6.12. The van der Waals surface area contributed by atoms with Crippen molar-refractivity contribution in [3.05, 3.63) is 192 Å². The molecule has 1 aliphatic rings. The molecule has 4 heterocycles. The minimum absolute atomic E-state index is 0.115. The van der Waals surface area contributed by atoms with Crippen molar-refractivity contribution >= 4 is 49.3 Å². The minimum atomic E-state index is -0.629. The Hall–Kier alpha value is -6.65. The SMILES string of the molecule is CC(C)(C)c1cc(-c2cc3ccccc3cn2)cc(C2(c3ccc4c(c3)c3nc5ccccc5n3c3cccnc43)c3ccccc3-c3ccccc32)c1. The molecular formula is C50H36N4. The number of benzene rings is 6. The Balaban J connectivity index is 1.29. The third kappa shape index (κ3) is 4.28. The van der Waals surface area contributed by atoms with E-state index < -0.39 is 5.41 Å².